The molecule has 0 aromatic heterocycles. The smallest absolute Gasteiger partial charge is 0.154 e. The van der Waals surface area contributed by atoms with E-state index in [0.29, 0.717) is 11.9 Å². The van der Waals surface area contributed by atoms with E-state index in [1.54, 1.807) is 0 Å². The van der Waals surface area contributed by atoms with Crippen LogP contribution in [0.3, 0.4) is 0 Å². The third kappa shape index (κ3) is 3.26. The Morgan fingerprint density at radius 1 is 1.33 bits per heavy atom. The van der Waals surface area contributed by atoms with Gasteiger partial charge in [0.25, 0.3) is 0 Å². The number of nitrogens with zero attached hydrogens (tertiary/aromatic N) is 4. The van der Waals surface area contributed by atoms with E-state index in [0.717, 1.165) is 26.1 Å². The van der Waals surface area contributed by atoms with Crippen molar-refractivity contribution in [3.8, 4) is 0 Å². The van der Waals surface area contributed by atoms with Crippen molar-refractivity contribution in [3.05, 3.63) is 12.4 Å². The molecule has 2 fully saturated rings. The highest BCUT2D eigenvalue weighted by Gasteiger charge is 2.49. The SMILES string of the molecule is C=C(/N=C/N=C(N)C(C)F)N1CC[C@@]12CCN(C(C)C)C2. The molecule has 5 nitrogen and oxygen atoms in total. The minimum absolute atomic E-state index is 0.0586. The molecule has 0 aromatic rings. The summed E-state index contributed by atoms with van der Waals surface area (Å²) in [6.07, 6.45) is 2.37. The van der Waals surface area contributed by atoms with Gasteiger partial charge in [-0.05, 0) is 33.6 Å². The number of alkyl halides is 1. The Hall–Kier alpha value is -1.43. The minimum atomic E-state index is -1.26. The molecule has 0 radical (unpaired) electrons. The van der Waals surface area contributed by atoms with Crippen molar-refractivity contribution < 1.29 is 4.39 Å². The largest absolute Gasteiger partial charge is 0.385 e. The lowest BCUT2D eigenvalue weighted by Gasteiger charge is -2.52. The summed E-state index contributed by atoms with van der Waals surface area (Å²) in [5.41, 5.74) is 5.61. The van der Waals surface area contributed by atoms with E-state index in [1.807, 2.05) is 0 Å². The fraction of sp³-hybridized carbons (Fsp3) is 0.733. The molecule has 0 aromatic carbocycles. The van der Waals surface area contributed by atoms with Gasteiger partial charge in [-0.1, -0.05) is 6.58 Å². The van der Waals surface area contributed by atoms with Gasteiger partial charge >= 0.3 is 0 Å². The molecule has 0 aliphatic carbocycles. The molecule has 2 aliphatic heterocycles. The van der Waals surface area contributed by atoms with Crippen molar-refractivity contribution in [2.24, 2.45) is 15.7 Å². The Morgan fingerprint density at radius 2 is 2.00 bits per heavy atom. The number of hydrogen-bond donors (Lipinski definition) is 1. The number of nitrogens with two attached hydrogens (primary N) is 1. The average Bonchev–Trinajstić information content (AvgIpc) is 2.84. The Kier molecular flexibility index (Phi) is 4.66. The van der Waals surface area contributed by atoms with Crippen LogP contribution in [-0.4, -0.2) is 59.4 Å². The average molecular weight is 295 g/mol. The number of likely N-dealkylation sites (tertiary alicyclic amines) is 2. The highest BCUT2D eigenvalue weighted by molar-refractivity contribution is 5.90. The van der Waals surface area contributed by atoms with Crippen LogP contribution in [-0.2, 0) is 0 Å². The molecule has 2 rings (SSSR count). The second kappa shape index (κ2) is 6.13. The summed E-state index contributed by atoms with van der Waals surface area (Å²) in [4.78, 5) is 12.7. The van der Waals surface area contributed by atoms with Crippen molar-refractivity contribution in [2.75, 3.05) is 19.6 Å². The first-order valence-electron chi connectivity index (χ1n) is 7.56. The molecule has 1 unspecified atom stereocenters. The summed E-state index contributed by atoms with van der Waals surface area (Å²) in [7, 11) is 0. The monoisotopic (exact) mass is 295 g/mol. The maximum absolute atomic E-state index is 12.9. The topological polar surface area (TPSA) is 57.2 Å². The third-order valence-electron chi connectivity index (χ3n) is 4.60. The first-order valence-corrected chi connectivity index (χ1v) is 7.56. The lowest BCUT2D eigenvalue weighted by Crippen LogP contribution is -2.60. The zero-order chi connectivity index (χ0) is 15.6. The number of hydrogen-bond acceptors (Lipinski definition) is 3. The van der Waals surface area contributed by atoms with E-state index in [4.69, 9.17) is 5.73 Å². The number of rotatable bonds is 5. The Labute approximate surface area is 126 Å². The molecule has 21 heavy (non-hydrogen) atoms. The van der Waals surface area contributed by atoms with Gasteiger partial charge in [0.2, 0.25) is 0 Å². The van der Waals surface area contributed by atoms with E-state index in [2.05, 4.69) is 40.2 Å². The maximum Gasteiger partial charge on any atom is 0.154 e. The zero-order valence-electron chi connectivity index (χ0n) is 13.2. The normalized spacial score (nSPS) is 28.6. The third-order valence-corrected chi connectivity index (χ3v) is 4.60. The lowest BCUT2D eigenvalue weighted by molar-refractivity contribution is 0.0244. The van der Waals surface area contributed by atoms with Gasteiger partial charge in [-0.3, -0.25) is 4.90 Å². The quantitative estimate of drug-likeness (QED) is 0.621. The molecule has 6 heteroatoms. The molecule has 118 valence electrons. The van der Waals surface area contributed by atoms with Gasteiger partial charge in [-0.25, -0.2) is 14.4 Å². The number of halogens is 1. The molecule has 2 atom stereocenters. The van der Waals surface area contributed by atoms with Crippen LogP contribution < -0.4 is 5.73 Å². The van der Waals surface area contributed by atoms with Crippen LogP contribution in [0.25, 0.3) is 0 Å². The standard InChI is InChI=1S/C15H26FN5/c1-11(2)20-7-5-15(9-20)6-8-21(15)13(4)18-10-19-14(17)12(3)16/h10-12H,4-9H2,1-3H3,(H2,17,18,19)/t12?,15-/m1/s1. The van der Waals surface area contributed by atoms with Crippen LogP contribution in [0.5, 0.6) is 0 Å². The zero-order valence-corrected chi connectivity index (χ0v) is 13.2. The molecule has 0 amide bonds. The van der Waals surface area contributed by atoms with Crippen LogP contribution in [0.15, 0.2) is 22.4 Å². The van der Waals surface area contributed by atoms with Gasteiger partial charge in [0.05, 0.1) is 5.54 Å². The molecular weight excluding hydrogens is 269 g/mol. The molecule has 0 saturated carbocycles. The van der Waals surface area contributed by atoms with Crippen molar-refractivity contribution in [3.63, 3.8) is 0 Å². The maximum atomic E-state index is 12.9. The highest BCUT2D eigenvalue weighted by atomic mass is 19.1. The number of amidine groups is 1. The Morgan fingerprint density at radius 3 is 2.48 bits per heavy atom. The van der Waals surface area contributed by atoms with Gasteiger partial charge in [-0.2, -0.15) is 0 Å². The van der Waals surface area contributed by atoms with E-state index >= 15 is 0 Å². The number of aliphatic imine (C=N–C) groups is 2. The summed E-state index contributed by atoms with van der Waals surface area (Å²) < 4.78 is 12.9. The van der Waals surface area contributed by atoms with Crippen LogP contribution in [0.4, 0.5) is 4.39 Å². The van der Waals surface area contributed by atoms with E-state index in [1.165, 1.54) is 19.7 Å². The molecule has 2 heterocycles. The second-order valence-corrected chi connectivity index (χ2v) is 6.27. The first kappa shape index (κ1) is 15.9. The molecule has 2 saturated heterocycles. The van der Waals surface area contributed by atoms with E-state index in [9.17, 15) is 4.39 Å². The van der Waals surface area contributed by atoms with Crippen LogP contribution in [0.2, 0.25) is 0 Å². The summed E-state index contributed by atoms with van der Waals surface area (Å²) in [5, 5.41) is 0. The van der Waals surface area contributed by atoms with Crippen LogP contribution in [0, 0.1) is 0 Å². The van der Waals surface area contributed by atoms with Gasteiger partial charge in [0.1, 0.15) is 18.0 Å². The molecule has 0 bridgehead atoms. The van der Waals surface area contributed by atoms with E-state index < -0.39 is 6.17 Å². The summed E-state index contributed by atoms with van der Waals surface area (Å²) in [6.45, 7) is 13.0. The fourth-order valence-corrected chi connectivity index (χ4v) is 3.03. The van der Waals surface area contributed by atoms with Gasteiger partial charge in [0.15, 0.2) is 6.17 Å². The summed E-state index contributed by atoms with van der Waals surface area (Å²) in [5.74, 6) is 0.631. The molecule has 2 aliphatic rings. The van der Waals surface area contributed by atoms with Gasteiger partial charge in [-0.15, -0.1) is 0 Å². The van der Waals surface area contributed by atoms with Crippen molar-refractivity contribution in [2.45, 2.75) is 51.4 Å². The van der Waals surface area contributed by atoms with Crippen LogP contribution in [0.1, 0.15) is 33.6 Å². The van der Waals surface area contributed by atoms with Gasteiger partial charge in [0, 0.05) is 25.7 Å². The highest BCUT2D eigenvalue weighted by Crippen LogP contribution is 2.41. The Bertz CT molecular complexity index is 457. The van der Waals surface area contributed by atoms with Crippen molar-refractivity contribution in [1.29, 1.82) is 0 Å². The van der Waals surface area contributed by atoms with E-state index in [-0.39, 0.29) is 11.4 Å². The second-order valence-electron chi connectivity index (χ2n) is 6.27. The summed E-state index contributed by atoms with van der Waals surface area (Å²) in [6, 6.07) is 0.569. The van der Waals surface area contributed by atoms with Crippen molar-refractivity contribution >= 4 is 12.2 Å². The predicted octanol–water partition coefficient (Wildman–Crippen LogP) is 1.76. The molecule has 1 spiro atoms. The Balaban J connectivity index is 1.95. The molecule has 2 N–H and O–H groups in total. The van der Waals surface area contributed by atoms with Crippen molar-refractivity contribution in [1.82, 2.24) is 9.80 Å². The van der Waals surface area contributed by atoms with Crippen LogP contribution >= 0.6 is 0 Å². The predicted molar refractivity (Wildman–Crippen MR) is 85.2 cm³/mol. The lowest BCUT2D eigenvalue weighted by atomic mass is 9.84. The molecular formula is C15H26FN5. The minimum Gasteiger partial charge on any atom is -0.385 e. The van der Waals surface area contributed by atoms with Gasteiger partial charge < -0.3 is 10.6 Å². The first-order chi connectivity index (χ1) is 9.85. The summed E-state index contributed by atoms with van der Waals surface area (Å²) >= 11 is 0. The fourth-order valence-electron chi connectivity index (χ4n) is 3.03.